The van der Waals surface area contributed by atoms with Crippen molar-refractivity contribution in [3.8, 4) is 11.5 Å². The number of esters is 1. The van der Waals surface area contributed by atoms with E-state index in [9.17, 15) is 9.59 Å². The number of ether oxygens (including phenoxy) is 4. The Balaban J connectivity index is 1.41. The molecule has 0 radical (unpaired) electrons. The van der Waals surface area contributed by atoms with Crippen LogP contribution in [0.3, 0.4) is 0 Å². The number of H-pyrrole nitrogens is 1. The Morgan fingerprint density at radius 3 is 2.70 bits per heavy atom. The molecule has 11 heteroatoms. The largest absolute Gasteiger partial charge is 0.465 e. The van der Waals surface area contributed by atoms with Gasteiger partial charge in [0.2, 0.25) is 6.79 Å². The quantitative estimate of drug-likeness (QED) is 0.354. The standard InChI is InChI=1S/C26H28N4O6S/c1-33-25(32)19-4-2-3-5-20(19)28-26(37)30(7-6-29-8-10-34-11-9-29)15-18-12-17-13-22-23(36-16-35-22)14-21(17)27-24(18)31/h2-5,12-14H,6-11,15-16H2,1H3,(H,27,31)(H,28,37). The first-order valence-corrected chi connectivity index (χ1v) is 12.4. The molecule has 1 fully saturated rings. The van der Waals surface area contributed by atoms with E-state index < -0.39 is 5.97 Å². The number of thiocarbonyl (C=S) groups is 1. The third-order valence-corrected chi connectivity index (χ3v) is 6.79. The van der Waals surface area contributed by atoms with Crippen molar-refractivity contribution in [2.24, 2.45) is 0 Å². The van der Waals surface area contributed by atoms with Gasteiger partial charge >= 0.3 is 5.97 Å². The van der Waals surface area contributed by atoms with Gasteiger partial charge in [0.05, 0.1) is 43.6 Å². The number of para-hydroxylation sites is 1. The van der Waals surface area contributed by atoms with Crippen LogP contribution in [0.5, 0.6) is 11.5 Å². The third-order valence-electron chi connectivity index (χ3n) is 6.43. The molecule has 1 saturated heterocycles. The van der Waals surface area contributed by atoms with Crippen LogP contribution in [-0.2, 0) is 16.0 Å². The monoisotopic (exact) mass is 524 g/mol. The smallest absolute Gasteiger partial charge is 0.339 e. The average Bonchev–Trinajstić information content (AvgIpc) is 3.37. The SMILES string of the molecule is COC(=O)c1ccccc1NC(=S)N(CCN1CCOCC1)Cc1cc2cc3c(cc2[nH]c1=O)OCO3. The van der Waals surface area contributed by atoms with E-state index in [0.29, 0.717) is 58.7 Å². The maximum Gasteiger partial charge on any atom is 0.339 e. The van der Waals surface area contributed by atoms with Crippen molar-refractivity contribution in [1.82, 2.24) is 14.8 Å². The highest BCUT2D eigenvalue weighted by Gasteiger charge is 2.20. The molecule has 5 rings (SSSR count). The topological polar surface area (TPSA) is 105 Å². The molecule has 2 N–H and O–H groups in total. The molecule has 2 aromatic carbocycles. The van der Waals surface area contributed by atoms with Crippen molar-refractivity contribution in [2.45, 2.75) is 6.54 Å². The lowest BCUT2D eigenvalue weighted by Crippen LogP contribution is -2.44. The number of anilines is 1. The van der Waals surface area contributed by atoms with Crippen LogP contribution in [0.1, 0.15) is 15.9 Å². The van der Waals surface area contributed by atoms with Crippen LogP contribution in [0.4, 0.5) is 5.69 Å². The van der Waals surface area contributed by atoms with E-state index in [4.69, 9.17) is 31.2 Å². The van der Waals surface area contributed by atoms with Crippen LogP contribution in [0.25, 0.3) is 10.9 Å². The number of methoxy groups -OCH3 is 1. The van der Waals surface area contributed by atoms with Crippen LogP contribution in [-0.4, -0.2) is 79.2 Å². The van der Waals surface area contributed by atoms with E-state index in [2.05, 4.69) is 15.2 Å². The molecule has 3 heterocycles. The number of rotatable bonds is 7. The van der Waals surface area contributed by atoms with Gasteiger partial charge in [0.25, 0.3) is 5.56 Å². The Labute approximate surface area is 219 Å². The summed E-state index contributed by atoms with van der Waals surface area (Å²) >= 11 is 5.78. The number of fused-ring (bicyclic) bond motifs is 2. The Morgan fingerprint density at radius 1 is 1.16 bits per heavy atom. The maximum absolute atomic E-state index is 13.0. The Morgan fingerprint density at radius 2 is 1.92 bits per heavy atom. The number of carbonyl (C=O) groups excluding carboxylic acids is 1. The fraction of sp³-hybridized carbons (Fsp3) is 0.346. The molecule has 1 aromatic heterocycles. The van der Waals surface area contributed by atoms with Gasteiger partial charge in [-0.2, -0.15) is 0 Å². The number of benzene rings is 2. The molecule has 0 aliphatic carbocycles. The lowest BCUT2D eigenvalue weighted by atomic mass is 10.1. The maximum atomic E-state index is 13.0. The van der Waals surface area contributed by atoms with E-state index >= 15 is 0 Å². The first kappa shape index (κ1) is 25.0. The summed E-state index contributed by atoms with van der Waals surface area (Å²) in [6.07, 6.45) is 0. The first-order valence-electron chi connectivity index (χ1n) is 12.0. The second-order valence-electron chi connectivity index (χ2n) is 8.76. The van der Waals surface area contributed by atoms with Crippen LogP contribution in [0, 0.1) is 0 Å². The van der Waals surface area contributed by atoms with Gasteiger partial charge in [-0.15, -0.1) is 0 Å². The van der Waals surface area contributed by atoms with E-state index in [1.165, 1.54) is 7.11 Å². The van der Waals surface area contributed by atoms with E-state index in [1.54, 1.807) is 24.3 Å². The zero-order chi connectivity index (χ0) is 25.8. The van der Waals surface area contributed by atoms with Gasteiger partial charge in [-0.05, 0) is 36.5 Å². The fourth-order valence-electron chi connectivity index (χ4n) is 4.38. The molecule has 0 unspecified atom stereocenters. The number of nitrogens with one attached hydrogen (secondary N) is 2. The highest BCUT2D eigenvalue weighted by Crippen LogP contribution is 2.35. The molecule has 0 bridgehead atoms. The summed E-state index contributed by atoms with van der Waals surface area (Å²) in [6.45, 7) is 4.80. The lowest BCUT2D eigenvalue weighted by Gasteiger charge is -2.31. The Bertz CT molecular complexity index is 1370. The summed E-state index contributed by atoms with van der Waals surface area (Å²) in [5.74, 6) is 0.791. The molecule has 37 heavy (non-hydrogen) atoms. The first-order chi connectivity index (χ1) is 18.0. The van der Waals surface area contributed by atoms with Crippen LogP contribution >= 0.6 is 12.2 Å². The van der Waals surface area contributed by atoms with Gasteiger partial charge in [0, 0.05) is 43.2 Å². The second kappa shape index (κ2) is 11.2. The number of aromatic nitrogens is 1. The van der Waals surface area contributed by atoms with Gasteiger partial charge in [-0.25, -0.2) is 4.79 Å². The molecule has 2 aliphatic rings. The van der Waals surface area contributed by atoms with Crippen molar-refractivity contribution in [2.75, 3.05) is 58.6 Å². The Kier molecular flexibility index (Phi) is 7.54. The number of morpholine rings is 1. The van der Waals surface area contributed by atoms with Crippen molar-refractivity contribution in [3.05, 3.63) is 63.9 Å². The minimum absolute atomic E-state index is 0.158. The summed E-state index contributed by atoms with van der Waals surface area (Å²) < 4.78 is 21.3. The van der Waals surface area contributed by atoms with Crippen molar-refractivity contribution in [3.63, 3.8) is 0 Å². The number of carbonyl (C=O) groups is 1. The minimum atomic E-state index is -0.463. The number of hydrogen-bond acceptors (Lipinski definition) is 8. The Hall–Kier alpha value is -3.67. The molecular weight excluding hydrogens is 496 g/mol. The number of nitrogens with zero attached hydrogens (tertiary/aromatic N) is 2. The summed E-state index contributed by atoms with van der Waals surface area (Å²) in [4.78, 5) is 32.5. The van der Waals surface area contributed by atoms with Crippen molar-refractivity contribution >= 4 is 39.9 Å². The molecule has 194 valence electrons. The van der Waals surface area contributed by atoms with Crippen LogP contribution in [0.2, 0.25) is 0 Å². The summed E-state index contributed by atoms with van der Waals surface area (Å²) in [5, 5.41) is 4.42. The summed E-state index contributed by atoms with van der Waals surface area (Å²) in [7, 11) is 1.34. The van der Waals surface area contributed by atoms with Crippen molar-refractivity contribution in [1.29, 1.82) is 0 Å². The van der Waals surface area contributed by atoms with Gasteiger partial charge in [-0.3, -0.25) is 9.69 Å². The molecule has 10 nitrogen and oxygen atoms in total. The predicted octanol–water partition coefficient (Wildman–Crippen LogP) is 2.57. The molecular formula is C26H28N4O6S. The van der Waals surface area contributed by atoms with Crippen LogP contribution in [0.15, 0.2) is 47.3 Å². The molecule has 0 spiro atoms. The van der Waals surface area contributed by atoms with E-state index in [1.807, 2.05) is 23.1 Å². The lowest BCUT2D eigenvalue weighted by molar-refractivity contribution is 0.0358. The zero-order valence-electron chi connectivity index (χ0n) is 20.5. The normalized spacial score (nSPS) is 14.9. The highest BCUT2D eigenvalue weighted by atomic mass is 32.1. The van der Waals surface area contributed by atoms with Crippen LogP contribution < -0.4 is 20.3 Å². The number of hydrogen-bond donors (Lipinski definition) is 2. The molecule has 0 saturated carbocycles. The molecule has 0 atom stereocenters. The summed E-state index contributed by atoms with van der Waals surface area (Å²) in [5.41, 5.74) is 1.93. The summed E-state index contributed by atoms with van der Waals surface area (Å²) in [6, 6.07) is 12.5. The fourth-order valence-corrected chi connectivity index (χ4v) is 4.64. The molecule has 0 amide bonds. The molecule has 3 aromatic rings. The third kappa shape index (κ3) is 5.68. The minimum Gasteiger partial charge on any atom is -0.465 e. The van der Waals surface area contributed by atoms with E-state index in [-0.39, 0.29) is 18.9 Å². The van der Waals surface area contributed by atoms with Gasteiger partial charge in [-0.1, -0.05) is 12.1 Å². The van der Waals surface area contributed by atoms with Gasteiger partial charge in [0.1, 0.15) is 0 Å². The van der Waals surface area contributed by atoms with E-state index in [0.717, 1.165) is 25.0 Å². The highest BCUT2D eigenvalue weighted by molar-refractivity contribution is 7.80. The zero-order valence-corrected chi connectivity index (χ0v) is 21.3. The second-order valence-corrected chi connectivity index (χ2v) is 9.15. The average molecular weight is 525 g/mol. The van der Waals surface area contributed by atoms with Gasteiger partial charge < -0.3 is 34.1 Å². The predicted molar refractivity (Wildman–Crippen MR) is 142 cm³/mol. The van der Waals surface area contributed by atoms with Gasteiger partial charge in [0.15, 0.2) is 16.6 Å². The number of aromatic amines is 1. The molecule has 2 aliphatic heterocycles. The number of pyridine rings is 1. The van der Waals surface area contributed by atoms with Crippen molar-refractivity contribution < 1.29 is 23.7 Å².